The molecule has 3 fully saturated rings. The molecule has 1 aliphatic heterocycles. The number of nitrogens with one attached hydrogen (secondary N) is 1. The largest absolute Gasteiger partial charge is 0.455 e. The summed E-state index contributed by atoms with van der Waals surface area (Å²) in [5.41, 5.74) is -7.51. The molecule has 18 nitrogen and oxygen atoms in total. The highest BCUT2D eigenvalue weighted by atomic mass is 16.6. The Bertz CT molecular complexity index is 2690. The van der Waals surface area contributed by atoms with E-state index >= 15 is 9.59 Å². The number of esters is 5. The molecule has 0 unspecified atom stereocenters. The van der Waals surface area contributed by atoms with Gasteiger partial charge in [-0.05, 0) is 49.6 Å². The summed E-state index contributed by atoms with van der Waals surface area (Å²) in [5, 5.41) is 28.5. The van der Waals surface area contributed by atoms with Crippen LogP contribution in [0.15, 0.2) is 102 Å². The van der Waals surface area contributed by atoms with Crippen molar-refractivity contribution in [2.45, 2.75) is 134 Å². The Morgan fingerprint density at radius 1 is 0.795 bits per heavy atom. The predicted octanol–water partition coefficient (Wildman–Crippen LogP) is 4.66. The third-order valence-electron chi connectivity index (χ3n) is 15.2. The van der Waals surface area contributed by atoms with E-state index in [2.05, 4.69) is 5.32 Å². The molecule has 0 radical (unpaired) electrons. The summed E-state index contributed by atoms with van der Waals surface area (Å²) in [4.78, 5) is 124. The Labute approximate surface area is 422 Å². The van der Waals surface area contributed by atoms with E-state index in [4.69, 9.17) is 28.4 Å². The fourth-order valence-corrected chi connectivity index (χ4v) is 11.3. The first-order valence-corrected chi connectivity index (χ1v) is 24.2. The van der Waals surface area contributed by atoms with Crippen molar-refractivity contribution in [3.63, 3.8) is 0 Å². The van der Waals surface area contributed by atoms with Crippen molar-refractivity contribution in [2.24, 2.45) is 16.7 Å². The number of ether oxygens (including phenoxy) is 6. The van der Waals surface area contributed by atoms with E-state index in [1.807, 2.05) is 0 Å². The van der Waals surface area contributed by atoms with Gasteiger partial charge in [-0.15, -0.1) is 0 Å². The number of carbonyl (C=O) groups is 9. The molecule has 11 atom stereocenters. The number of aliphatic hydroxyl groups is 2. The Morgan fingerprint density at radius 2 is 1.40 bits per heavy atom. The van der Waals surface area contributed by atoms with Crippen LogP contribution >= 0.6 is 0 Å². The second kappa shape index (κ2) is 21.3. The van der Waals surface area contributed by atoms with Crippen LogP contribution in [0.5, 0.6) is 0 Å². The molecule has 7 rings (SSSR count). The lowest BCUT2D eigenvalue weighted by Gasteiger charge is -2.67. The van der Waals surface area contributed by atoms with Gasteiger partial charge in [0, 0.05) is 62.8 Å². The molecule has 1 amide bonds. The number of ketones is 3. The Morgan fingerprint density at radius 3 is 1.96 bits per heavy atom. The minimum Gasteiger partial charge on any atom is -0.455 e. The molecule has 0 aromatic heterocycles. The van der Waals surface area contributed by atoms with E-state index in [1.165, 1.54) is 46.8 Å². The van der Waals surface area contributed by atoms with Crippen molar-refractivity contribution < 1.29 is 81.8 Å². The van der Waals surface area contributed by atoms with Gasteiger partial charge in [0.05, 0.1) is 29.6 Å². The van der Waals surface area contributed by atoms with E-state index in [9.17, 15) is 43.8 Å². The zero-order chi connectivity index (χ0) is 53.2. The fourth-order valence-electron chi connectivity index (χ4n) is 11.3. The number of rotatable bonds is 17. The van der Waals surface area contributed by atoms with Crippen molar-refractivity contribution >= 4 is 53.1 Å². The molecular weight excluding hydrogens is 947 g/mol. The van der Waals surface area contributed by atoms with Crippen LogP contribution in [0.2, 0.25) is 0 Å². The lowest BCUT2D eigenvalue weighted by molar-refractivity contribution is -0.346. The number of aliphatic hydroxyl groups excluding tert-OH is 1. The molecule has 3 aliphatic carbocycles. The summed E-state index contributed by atoms with van der Waals surface area (Å²) in [5.74, 6) is -10.3. The van der Waals surface area contributed by atoms with Gasteiger partial charge in [0.1, 0.15) is 36.2 Å². The van der Waals surface area contributed by atoms with Crippen LogP contribution in [0, 0.1) is 16.7 Å². The first kappa shape index (κ1) is 53.9. The highest BCUT2D eigenvalue weighted by molar-refractivity contribution is 5.98. The average Bonchev–Trinajstić information content (AvgIpc) is 3.35. The molecular formula is C55H61NO17. The second-order valence-electron chi connectivity index (χ2n) is 20.1. The van der Waals surface area contributed by atoms with Gasteiger partial charge in [-0.2, -0.15) is 0 Å². The molecule has 1 heterocycles. The normalized spacial score (nSPS) is 28.6. The fraction of sp³-hybridized carbons (Fsp3) is 0.473. The maximum absolute atomic E-state index is 15.7. The van der Waals surface area contributed by atoms with Crippen LogP contribution in [-0.4, -0.2) is 124 Å². The minimum absolute atomic E-state index is 0.0264. The van der Waals surface area contributed by atoms with Gasteiger partial charge in [-0.1, -0.05) is 92.7 Å². The van der Waals surface area contributed by atoms with E-state index in [0.717, 1.165) is 13.8 Å². The molecule has 388 valence electrons. The molecule has 3 aromatic carbocycles. The molecule has 2 saturated carbocycles. The highest BCUT2D eigenvalue weighted by Gasteiger charge is 2.78. The summed E-state index contributed by atoms with van der Waals surface area (Å²) in [7, 11) is 0. The van der Waals surface area contributed by atoms with Gasteiger partial charge in [-0.25, -0.2) is 9.59 Å². The van der Waals surface area contributed by atoms with E-state index in [-0.39, 0.29) is 53.9 Å². The minimum atomic E-state index is -2.50. The molecule has 3 aromatic rings. The highest BCUT2D eigenvalue weighted by Crippen LogP contribution is 2.64. The number of amides is 1. The number of hydrogen-bond donors (Lipinski definition) is 3. The van der Waals surface area contributed by atoms with Crippen LogP contribution in [0.25, 0.3) is 0 Å². The summed E-state index contributed by atoms with van der Waals surface area (Å²) >= 11 is 0. The first-order valence-electron chi connectivity index (χ1n) is 24.2. The lowest BCUT2D eigenvalue weighted by atomic mass is 9.44. The van der Waals surface area contributed by atoms with Crippen LogP contribution in [-0.2, 0) is 62.0 Å². The van der Waals surface area contributed by atoms with Crippen molar-refractivity contribution in [1.82, 2.24) is 5.32 Å². The monoisotopic (exact) mass is 1010 g/mol. The summed E-state index contributed by atoms with van der Waals surface area (Å²) < 4.78 is 36.7. The number of benzene rings is 3. The molecule has 73 heavy (non-hydrogen) atoms. The van der Waals surface area contributed by atoms with Crippen LogP contribution in [0.3, 0.4) is 0 Å². The number of Topliss-reactive ketones (excluding diaryl/α,β-unsaturated/α-hetero) is 3. The van der Waals surface area contributed by atoms with Crippen LogP contribution in [0.1, 0.15) is 113 Å². The van der Waals surface area contributed by atoms with E-state index in [0.29, 0.717) is 5.56 Å². The van der Waals surface area contributed by atoms with Crippen molar-refractivity contribution in [3.05, 3.63) is 119 Å². The van der Waals surface area contributed by atoms with Gasteiger partial charge in [0.2, 0.25) is 12.0 Å². The molecule has 2 bridgehead atoms. The van der Waals surface area contributed by atoms with Gasteiger partial charge < -0.3 is 48.7 Å². The second-order valence-corrected chi connectivity index (χ2v) is 20.1. The molecule has 1 saturated heterocycles. The Balaban J connectivity index is 1.39. The summed E-state index contributed by atoms with van der Waals surface area (Å²) in [6, 6.07) is 24.1. The average molecular weight is 1010 g/mol. The molecule has 0 spiro atoms. The van der Waals surface area contributed by atoms with Gasteiger partial charge in [0.15, 0.2) is 23.3 Å². The van der Waals surface area contributed by atoms with E-state index < -0.39 is 137 Å². The smallest absolute Gasteiger partial charge is 0.348 e. The number of hydrogen-bond acceptors (Lipinski definition) is 17. The first-order chi connectivity index (χ1) is 34.5. The number of carbonyl (C=O) groups excluding carboxylic acids is 9. The molecule has 4 aliphatic rings. The molecule has 3 N–H and O–H groups in total. The maximum Gasteiger partial charge on any atom is 0.348 e. The van der Waals surface area contributed by atoms with Gasteiger partial charge in [-0.3, -0.25) is 28.8 Å². The third-order valence-corrected chi connectivity index (χ3v) is 15.2. The van der Waals surface area contributed by atoms with E-state index in [1.54, 1.807) is 78.9 Å². The standard InChI is InChI=1S/C55H61NO17/c1-30(57)23-24-42(62)56-28-43(63)71-45(37(34-17-11-8-12-18-34)25-38(60)35-19-13-9-14-20-35)51(66)70-39-27-55(67)49(72-50(65)36-21-15-10-16-22-36)47-53(7,40(61)26-41-54(47,29-68-41)73-33(4)59)48(64)46(69-32(3)58)44(31(39)2)52(55,5)6/h8-22,37,39-41,45-47,49,61,67H,23-29H2,1-7H3,(H,56,62)/t37-,39-,40-,41+,45+,46+,47-,49-,53+,54-,55+/m0/s1. The van der Waals surface area contributed by atoms with Crippen molar-refractivity contribution in [2.75, 3.05) is 13.2 Å². The van der Waals surface area contributed by atoms with Crippen LogP contribution in [0.4, 0.5) is 0 Å². The quantitative estimate of drug-likeness (QED) is 0.0719. The Kier molecular flexibility index (Phi) is 15.7. The summed E-state index contributed by atoms with van der Waals surface area (Å²) in [6.45, 7) is 8.30. The molecule has 18 heteroatoms. The number of fused-ring (bicyclic) bond motifs is 5. The lowest BCUT2D eigenvalue weighted by Crippen LogP contribution is -2.82. The Hall–Kier alpha value is -6.89. The topological polar surface area (TPSA) is 261 Å². The SMILES string of the molecule is CC(=O)CCC(=O)NCC(=O)O[C@@H](C(=O)O[C@H]1C[C@@]2(O)[C@@H](OC(=O)c3ccccc3)[C@@H]3[C@]4(OC(C)=O)CO[C@@H]4C[C@H](O)[C@@]3(C)C(=O)[C@H](OC(C)=O)C(=C1C)C2(C)C)[C@@H](CC(=O)c1ccccc1)c1ccccc1. The van der Waals surface area contributed by atoms with Gasteiger partial charge >= 0.3 is 29.8 Å². The zero-order valence-electron chi connectivity index (χ0n) is 41.7. The van der Waals surface area contributed by atoms with Gasteiger partial charge in [0.25, 0.3) is 0 Å². The van der Waals surface area contributed by atoms with Crippen molar-refractivity contribution in [1.29, 1.82) is 0 Å². The van der Waals surface area contributed by atoms with Crippen molar-refractivity contribution in [3.8, 4) is 0 Å². The zero-order valence-corrected chi connectivity index (χ0v) is 41.7. The van der Waals surface area contributed by atoms with Crippen LogP contribution < -0.4 is 5.32 Å². The maximum atomic E-state index is 15.7. The predicted molar refractivity (Wildman–Crippen MR) is 256 cm³/mol. The third kappa shape index (κ3) is 10.4. The summed E-state index contributed by atoms with van der Waals surface area (Å²) in [6.07, 6.45) is -11.7.